The SMILES string of the molecule is C=CCOc1c[c-]cc(F)c1.[Br-].[Mg+2]. The van der Waals surface area contributed by atoms with Crippen LogP contribution in [0.15, 0.2) is 30.9 Å². The molecule has 1 rings (SSSR count). The van der Waals surface area contributed by atoms with Gasteiger partial charge in [0.2, 0.25) is 0 Å². The molecule has 0 unspecified atom stereocenters. The van der Waals surface area contributed by atoms with E-state index in [9.17, 15) is 4.39 Å². The van der Waals surface area contributed by atoms with E-state index in [1.54, 1.807) is 12.1 Å². The van der Waals surface area contributed by atoms with Gasteiger partial charge in [0.25, 0.3) is 0 Å². The predicted octanol–water partition coefficient (Wildman–Crippen LogP) is -1.19. The van der Waals surface area contributed by atoms with Gasteiger partial charge in [-0.25, -0.2) is 0 Å². The van der Waals surface area contributed by atoms with Crippen molar-refractivity contribution in [2.75, 3.05) is 6.61 Å². The zero-order valence-electron chi connectivity index (χ0n) is 7.09. The number of hydrogen-bond donors (Lipinski definition) is 0. The van der Waals surface area contributed by atoms with Crippen LogP contribution in [0.1, 0.15) is 0 Å². The van der Waals surface area contributed by atoms with E-state index in [2.05, 4.69) is 12.6 Å². The third-order valence-corrected chi connectivity index (χ3v) is 1.09. The van der Waals surface area contributed by atoms with E-state index in [-0.39, 0.29) is 45.9 Å². The molecule has 0 spiro atoms. The fraction of sp³-hybridized carbons (Fsp3) is 0.111. The van der Waals surface area contributed by atoms with Crippen molar-refractivity contribution in [3.8, 4) is 5.75 Å². The van der Waals surface area contributed by atoms with Crippen molar-refractivity contribution in [3.63, 3.8) is 0 Å². The maximum atomic E-state index is 12.5. The van der Waals surface area contributed by atoms with Gasteiger partial charge in [0.15, 0.2) is 0 Å². The Hall–Kier alpha value is -0.0638. The summed E-state index contributed by atoms with van der Waals surface area (Å²) in [4.78, 5) is 0. The second kappa shape index (κ2) is 8.53. The Morgan fingerprint density at radius 2 is 2.23 bits per heavy atom. The van der Waals surface area contributed by atoms with Crippen molar-refractivity contribution in [1.29, 1.82) is 0 Å². The molecule has 0 atom stereocenters. The number of rotatable bonds is 3. The third-order valence-electron chi connectivity index (χ3n) is 1.09. The first kappa shape index (κ1) is 15.4. The summed E-state index contributed by atoms with van der Waals surface area (Å²) in [5.41, 5.74) is 0. The fourth-order valence-corrected chi connectivity index (χ4v) is 0.661. The van der Waals surface area contributed by atoms with E-state index in [0.29, 0.717) is 12.4 Å². The van der Waals surface area contributed by atoms with Crippen molar-refractivity contribution >= 4 is 23.1 Å². The summed E-state index contributed by atoms with van der Waals surface area (Å²) in [6, 6.07) is 6.74. The zero-order chi connectivity index (χ0) is 8.10. The number of halogens is 2. The molecule has 0 aliphatic rings. The van der Waals surface area contributed by atoms with Gasteiger partial charge in [0, 0.05) is 11.6 Å². The minimum atomic E-state index is -0.341. The average Bonchev–Trinajstić information content (AvgIpc) is 2.01. The summed E-state index contributed by atoms with van der Waals surface area (Å²) in [7, 11) is 0. The van der Waals surface area contributed by atoms with Crippen LogP contribution in [0.4, 0.5) is 4.39 Å². The number of benzene rings is 1. The van der Waals surface area contributed by atoms with E-state index in [0.717, 1.165) is 0 Å². The Balaban J connectivity index is 0. The molecule has 0 N–H and O–H groups in total. The second-order valence-corrected chi connectivity index (χ2v) is 1.99. The Morgan fingerprint density at radius 3 is 2.77 bits per heavy atom. The minimum Gasteiger partial charge on any atom is -1.00 e. The van der Waals surface area contributed by atoms with Crippen LogP contribution in [0.2, 0.25) is 0 Å². The largest absolute Gasteiger partial charge is 2.00 e. The third kappa shape index (κ3) is 6.07. The van der Waals surface area contributed by atoms with Crippen molar-refractivity contribution in [3.05, 3.63) is 42.7 Å². The van der Waals surface area contributed by atoms with Crippen LogP contribution in [0, 0.1) is 11.9 Å². The molecule has 66 valence electrons. The van der Waals surface area contributed by atoms with Crippen LogP contribution in [-0.4, -0.2) is 29.7 Å². The van der Waals surface area contributed by atoms with Crippen molar-refractivity contribution in [2.24, 2.45) is 0 Å². The number of ether oxygens (including phenoxy) is 1. The second-order valence-electron chi connectivity index (χ2n) is 1.99. The van der Waals surface area contributed by atoms with Crippen LogP contribution in [-0.2, 0) is 0 Å². The molecule has 0 aromatic heterocycles. The van der Waals surface area contributed by atoms with Gasteiger partial charge in [-0.2, -0.15) is 6.07 Å². The molecule has 0 saturated heterocycles. The molecule has 0 radical (unpaired) electrons. The standard InChI is InChI=1S/C9H8FO.BrH.Mg/c1-2-6-11-9-5-3-4-8(10)7-9;;/h2,4-5,7H,1,6H2;1H;/q-1;;+2/p-1. The summed E-state index contributed by atoms with van der Waals surface area (Å²) in [6.07, 6.45) is 1.60. The van der Waals surface area contributed by atoms with Gasteiger partial charge < -0.3 is 21.7 Å². The van der Waals surface area contributed by atoms with Gasteiger partial charge in [-0.1, -0.05) is 18.7 Å². The fourth-order valence-electron chi connectivity index (χ4n) is 0.661. The molecule has 0 aliphatic carbocycles. The van der Waals surface area contributed by atoms with Gasteiger partial charge in [0.05, 0.1) is 6.61 Å². The van der Waals surface area contributed by atoms with E-state index in [1.165, 1.54) is 12.1 Å². The monoisotopic (exact) mass is 254 g/mol. The van der Waals surface area contributed by atoms with Crippen LogP contribution in [0.3, 0.4) is 0 Å². The van der Waals surface area contributed by atoms with Gasteiger partial charge in [-0.3, -0.25) is 4.39 Å². The first-order valence-electron chi connectivity index (χ1n) is 3.23. The van der Waals surface area contributed by atoms with Gasteiger partial charge in [0.1, 0.15) is 0 Å². The molecule has 0 heterocycles. The van der Waals surface area contributed by atoms with Crippen LogP contribution >= 0.6 is 0 Å². The Labute approximate surface area is 104 Å². The average molecular weight is 255 g/mol. The van der Waals surface area contributed by atoms with Gasteiger partial charge in [-0.15, -0.1) is 12.1 Å². The molecule has 4 heteroatoms. The van der Waals surface area contributed by atoms with E-state index < -0.39 is 0 Å². The smallest absolute Gasteiger partial charge is 1.00 e. The molecule has 0 bridgehead atoms. The van der Waals surface area contributed by atoms with Crippen LogP contribution < -0.4 is 21.7 Å². The maximum Gasteiger partial charge on any atom is 2.00 e. The number of hydrogen-bond acceptors (Lipinski definition) is 1. The summed E-state index contributed by atoms with van der Waals surface area (Å²) in [5.74, 6) is 0.136. The molecule has 0 saturated carbocycles. The minimum absolute atomic E-state index is 0. The summed E-state index contributed by atoms with van der Waals surface area (Å²) in [6.45, 7) is 3.86. The van der Waals surface area contributed by atoms with Crippen molar-refractivity contribution in [2.45, 2.75) is 0 Å². The van der Waals surface area contributed by atoms with E-state index in [1.807, 2.05) is 0 Å². The topological polar surface area (TPSA) is 9.23 Å². The summed E-state index contributed by atoms with van der Waals surface area (Å²) in [5, 5.41) is 0. The first-order valence-corrected chi connectivity index (χ1v) is 3.23. The van der Waals surface area contributed by atoms with Gasteiger partial charge in [-0.05, 0) is 0 Å². The molecular weight excluding hydrogens is 247 g/mol. The molecule has 1 nitrogen and oxygen atoms in total. The quantitative estimate of drug-likeness (QED) is 0.375. The molecule has 1 aromatic rings. The first-order chi connectivity index (χ1) is 5.33. The van der Waals surface area contributed by atoms with Crippen molar-refractivity contribution < 1.29 is 26.1 Å². The summed E-state index contributed by atoms with van der Waals surface area (Å²) >= 11 is 0. The Morgan fingerprint density at radius 1 is 1.54 bits per heavy atom. The molecule has 13 heavy (non-hydrogen) atoms. The molecule has 0 fully saturated rings. The molecule has 0 aliphatic heterocycles. The van der Waals surface area contributed by atoms with Crippen LogP contribution in [0.25, 0.3) is 0 Å². The summed E-state index contributed by atoms with van der Waals surface area (Å²) < 4.78 is 17.5. The van der Waals surface area contributed by atoms with Crippen molar-refractivity contribution in [1.82, 2.24) is 0 Å². The predicted molar refractivity (Wildman–Crippen MR) is 46.7 cm³/mol. The van der Waals surface area contributed by atoms with E-state index >= 15 is 0 Å². The zero-order valence-corrected chi connectivity index (χ0v) is 10.1. The van der Waals surface area contributed by atoms with E-state index in [4.69, 9.17) is 4.74 Å². The molecule has 0 amide bonds. The van der Waals surface area contributed by atoms with Gasteiger partial charge >= 0.3 is 23.1 Å². The Bertz CT molecular complexity index is 255. The molecular formula is C9H8BrFMgO. The Kier molecular flexibility index (Phi) is 10.1. The normalized spacial score (nSPS) is 7.77. The maximum absolute atomic E-state index is 12.5. The van der Waals surface area contributed by atoms with Crippen LogP contribution in [0.5, 0.6) is 5.75 Å². The molecule has 1 aromatic carbocycles.